The molecule has 0 fully saturated rings. The van der Waals surface area contributed by atoms with Crippen LogP contribution in [0.25, 0.3) is 0 Å². The van der Waals surface area contributed by atoms with Crippen LogP contribution < -0.4 is 4.72 Å². The van der Waals surface area contributed by atoms with Crippen molar-refractivity contribution in [3.8, 4) is 0 Å². The molecule has 0 unspecified atom stereocenters. The molecule has 0 spiro atoms. The first-order chi connectivity index (χ1) is 15.5. The Hall–Kier alpha value is -3.12. The molecule has 0 amide bonds. The van der Waals surface area contributed by atoms with Gasteiger partial charge in [-0.1, -0.05) is 30.3 Å². The van der Waals surface area contributed by atoms with Crippen LogP contribution >= 0.6 is 0 Å². The second-order valence-corrected chi connectivity index (χ2v) is 10.2. The Morgan fingerprint density at radius 2 is 1.42 bits per heavy atom. The van der Waals surface area contributed by atoms with Crippen LogP contribution in [0.2, 0.25) is 0 Å². The molecular formula is C27H31NO4S. The van der Waals surface area contributed by atoms with Gasteiger partial charge in [0.15, 0.2) is 0 Å². The number of para-hydroxylation sites is 1. The smallest absolute Gasteiger partial charge is 0.335 e. The summed E-state index contributed by atoms with van der Waals surface area (Å²) in [5.74, 6) is -0.941. The molecule has 3 rings (SSSR count). The quantitative estimate of drug-likeness (QED) is 0.434. The number of carboxylic acid groups (broad SMARTS) is 1. The zero-order valence-corrected chi connectivity index (χ0v) is 20.6. The molecule has 0 saturated heterocycles. The molecule has 3 aromatic carbocycles. The zero-order valence-electron chi connectivity index (χ0n) is 19.8. The van der Waals surface area contributed by atoms with Gasteiger partial charge < -0.3 is 5.11 Å². The molecule has 0 aromatic heterocycles. The molecule has 0 radical (unpaired) electrons. The van der Waals surface area contributed by atoms with E-state index in [-0.39, 0.29) is 5.56 Å². The highest BCUT2D eigenvalue weighted by molar-refractivity contribution is 7.92. The topological polar surface area (TPSA) is 83.5 Å². The summed E-state index contributed by atoms with van der Waals surface area (Å²) in [6, 6.07) is 14.4. The fraction of sp³-hybridized carbons (Fsp3) is 0.296. The van der Waals surface area contributed by atoms with Gasteiger partial charge in [-0.2, -0.15) is 0 Å². The molecule has 5 nitrogen and oxygen atoms in total. The molecule has 0 bridgehead atoms. The lowest BCUT2D eigenvalue weighted by atomic mass is 9.95. The number of aromatic carboxylic acids is 1. The normalized spacial score (nSPS) is 11.4. The predicted molar refractivity (Wildman–Crippen MR) is 133 cm³/mol. The summed E-state index contributed by atoms with van der Waals surface area (Å²) in [6.45, 7) is 9.67. The summed E-state index contributed by atoms with van der Waals surface area (Å²) in [6.07, 6.45) is 2.14. The van der Waals surface area contributed by atoms with E-state index in [0.717, 1.165) is 45.4 Å². The van der Waals surface area contributed by atoms with E-state index in [0.29, 0.717) is 23.4 Å². The number of anilines is 1. The highest BCUT2D eigenvalue weighted by Crippen LogP contribution is 2.31. The van der Waals surface area contributed by atoms with Crippen LogP contribution in [-0.4, -0.2) is 19.5 Å². The summed E-state index contributed by atoms with van der Waals surface area (Å²) in [7, 11) is -3.77. The number of hydrogen-bond acceptors (Lipinski definition) is 3. The minimum atomic E-state index is -3.77. The van der Waals surface area contributed by atoms with E-state index < -0.39 is 16.0 Å². The molecule has 2 N–H and O–H groups in total. The first kappa shape index (κ1) is 24.5. The lowest BCUT2D eigenvalue weighted by Crippen LogP contribution is -2.18. The van der Waals surface area contributed by atoms with Crippen LogP contribution in [0.3, 0.4) is 0 Å². The molecule has 0 atom stereocenters. The van der Waals surface area contributed by atoms with E-state index in [1.54, 1.807) is 24.3 Å². The molecule has 6 heteroatoms. The predicted octanol–water partition coefficient (Wildman–Crippen LogP) is 5.90. The van der Waals surface area contributed by atoms with E-state index >= 15 is 0 Å². The molecule has 33 heavy (non-hydrogen) atoms. The third-order valence-electron chi connectivity index (χ3n) is 6.55. The molecule has 0 aliphatic carbocycles. The average Bonchev–Trinajstić information content (AvgIpc) is 2.77. The van der Waals surface area contributed by atoms with Gasteiger partial charge >= 0.3 is 5.97 Å². The largest absolute Gasteiger partial charge is 0.478 e. The Morgan fingerprint density at radius 1 is 0.818 bits per heavy atom. The lowest BCUT2D eigenvalue weighted by Gasteiger charge is -2.20. The van der Waals surface area contributed by atoms with Crippen molar-refractivity contribution in [1.29, 1.82) is 0 Å². The van der Waals surface area contributed by atoms with E-state index in [2.05, 4.69) is 4.72 Å². The minimum Gasteiger partial charge on any atom is -0.478 e. The summed E-state index contributed by atoms with van der Waals surface area (Å²) in [5.41, 5.74) is 7.37. The van der Waals surface area contributed by atoms with E-state index in [1.165, 1.54) is 0 Å². The van der Waals surface area contributed by atoms with E-state index in [4.69, 9.17) is 0 Å². The third kappa shape index (κ3) is 5.28. The number of carbonyl (C=O) groups is 1. The molecule has 0 aliphatic heterocycles. The molecule has 174 valence electrons. The lowest BCUT2D eigenvalue weighted by molar-refractivity contribution is 0.0696. The van der Waals surface area contributed by atoms with Gasteiger partial charge in [0.2, 0.25) is 0 Å². The fourth-order valence-corrected chi connectivity index (χ4v) is 5.95. The minimum absolute atomic E-state index is 0.273. The summed E-state index contributed by atoms with van der Waals surface area (Å²) >= 11 is 0. The first-order valence-corrected chi connectivity index (χ1v) is 12.5. The molecule has 3 aromatic rings. The molecular weight excluding hydrogens is 434 g/mol. The van der Waals surface area contributed by atoms with Crippen LogP contribution in [0.4, 0.5) is 5.69 Å². The zero-order chi connectivity index (χ0) is 24.3. The summed E-state index contributed by atoms with van der Waals surface area (Å²) < 4.78 is 29.7. The van der Waals surface area contributed by atoms with Crippen molar-refractivity contribution in [2.45, 2.75) is 58.8 Å². The number of aryl methyl sites for hydroxylation is 2. The van der Waals surface area contributed by atoms with Gasteiger partial charge in [0.1, 0.15) is 0 Å². The van der Waals surface area contributed by atoms with Crippen molar-refractivity contribution in [1.82, 2.24) is 0 Å². The van der Waals surface area contributed by atoms with Gasteiger partial charge in [-0.05, 0) is 111 Å². The van der Waals surface area contributed by atoms with Crippen LogP contribution in [0.15, 0.2) is 53.4 Å². The number of rotatable bonds is 8. The van der Waals surface area contributed by atoms with Crippen LogP contribution in [0, 0.1) is 34.6 Å². The monoisotopic (exact) mass is 465 g/mol. The standard InChI is InChI=1S/C27H31NO4S/c1-17-18(2)20(4)26(21(5)19(17)3)33(31,32)28-25-15-7-6-12-23(25)13-8-10-22-11-9-14-24(16-22)27(29)30/h6-7,9,11-12,14-16,28H,8,10,13H2,1-5H3,(H,29,30). The van der Waals surface area contributed by atoms with Crippen LogP contribution in [0.1, 0.15) is 55.7 Å². The number of sulfonamides is 1. The van der Waals surface area contributed by atoms with Gasteiger partial charge in [-0.25, -0.2) is 13.2 Å². The Balaban J connectivity index is 1.83. The van der Waals surface area contributed by atoms with Crippen molar-refractivity contribution in [2.24, 2.45) is 0 Å². The van der Waals surface area contributed by atoms with Gasteiger partial charge in [0.25, 0.3) is 10.0 Å². The fourth-order valence-electron chi connectivity index (χ4n) is 4.25. The van der Waals surface area contributed by atoms with Gasteiger partial charge in [-0.15, -0.1) is 0 Å². The van der Waals surface area contributed by atoms with Gasteiger partial charge in [-0.3, -0.25) is 4.72 Å². The second kappa shape index (κ2) is 9.79. The van der Waals surface area contributed by atoms with Gasteiger partial charge in [0, 0.05) is 0 Å². The van der Waals surface area contributed by atoms with Crippen molar-refractivity contribution in [2.75, 3.05) is 4.72 Å². The molecule has 0 heterocycles. The average molecular weight is 466 g/mol. The Bertz CT molecular complexity index is 1280. The maximum absolute atomic E-state index is 13.4. The van der Waals surface area contributed by atoms with Crippen LogP contribution in [-0.2, 0) is 22.9 Å². The second-order valence-electron chi connectivity index (χ2n) is 8.58. The third-order valence-corrected chi connectivity index (χ3v) is 8.19. The Morgan fingerprint density at radius 3 is 2.06 bits per heavy atom. The first-order valence-electron chi connectivity index (χ1n) is 11.0. The van der Waals surface area contributed by atoms with Crippen molar-refractivity contribution < 1.29 is 18.3 Å². The number of carboxylic acids is 1. The number of benzene rings is 3. The van der Waals surface area contributed by atoms with E-state index in [9.17, 15) is 18.3 Å². The van der Waals surface area contributed by atoms with Crippen LogP contribution in [0.5, 0.6) is 0 Å². The maximum atomic E-state index is 13.4. The Labute approximate surface area is 196 Å². The molecule has 0 saturated carbocycles. The number of hydrogen-bond donors (Lipinski definition) is 2. The highest BCUT2D eigenvalue weighted by atomic mass is 32.2. The SMILES string of the molecule is Cc1c(C)c(C)c(S(=O)(=O)Nc2ccccc2CCCc2cccc(C(=O)O)c2)c(C)c1C. The van der Waals surface area contributed by atoms with E-state index in [1.807, 2.05) is 58.9 Å². The van der Waals surface area contributed by atoms with Crippen molar-refractivity contribution in [3.05, 3.63) is 93.0 Å². The molecule has 0 aliphatic rings. The summed E-state index contributed by atoms with van der Waals surface area (Å²) in [4.78, 5) is 11.5. The summed E-state index contributed by atoms with van der Waals surface area (Å²) in [5, 5.41) is 9.17. The maximum Gasteiger partial charge on any atom is 0.335 e. The number of nitrogens with one attached hydrogen (secondary N) is 1. The van der Waals surface area contributed by atoms with Crippen molar-refractivity contribution in [3.63, 3.8) is 0 Å². The highest BCUT2D eigenvalue weighted by Gasteiger charge is 2.24. The Kier molecular flexibility index (Phi) is 7.28. The van der Waals surface area contributed by atoms with Crippen molar-refractivity contribution >= 4 is 21.7 Å². The van der Waals surface area contributed by atoms with Gasteiger partial charge in [0.05, 0.1) is 16.1 Å².